The lowest BCUT2D eigenvalue weighted by Crippen LogP contribution is -2.18. The maximum absolute atomic E-state index is 13.4. The summed E-state index contributed by atoms with van der Waals surface area (Å²) < 4.78 is 13.4. The molecule has 106 valence electrons. The molecule has 1 amide bonds. The van der Waals surface area contributed by atoms with Gasteiger partial charge in [-0.25, -0.2) is 9.82 Å². The maximum atomic E-state index is 13.4. The molecule has 0 saturated heterocycles. The number of carbonyl (C=O) groups excluding carboxylic acids is 1. The summed E-state index contributed by atoms with van der Waals surface area (Å²) in [5, 5.41) is 3.83. The van der Waals surface area contributed by atoms with Gasteiger partial charge in [0.25, 0.3) is 5.91 Å². The second kappa shape index (κ2) is 7.14. The zero-order valence-electron chi connectivity index (χ0n) is 11.6. The second-order valence-corrected chi connectivity index (χ2v) is 4.48. The maximum Gasteiger partial charge on any atom is 0.274 e. The van der Waals surface area contributed by atoms with Gasteiger partial charge in [0.1, 0.15) is 5.82 Å². The number of benzene rings is 2. The van der Waals surface area contributed by atoms with E-state index in [2.05, 4.69) is 10.5 Å². The van der Waals surface area contributed by atoms with Crippen LogP contribution in [0.2, 0.25) is 0 Å². The average Bonchev–Trinajstić information content (AvgIpc) is 2.48. The van der Waals surface area contributed by atoms with E-state index in [-0.39, 0.29) is 5.56 Å². The van der Waals surface area contributed by atoms with Gasteiger partial charge in [0.15, 0.2) is 0 Å². The summed E-state index contributed by atoms with van der Waals surface area (Å²) in [6, 6.07) is 15.5. The fourth-order valence-electron chi connectivity index (χ4n) is 1.75. The highest BCUT2D eigenvalue weighted by atomic mass is 19.1. The molecule has 1 N–H and O–H groups in total. The van der Waals surface area contributed by atoms with E-state index < -0.39 is 11.7 Å². The molecule has 3 nitrogen and oxygen atoms in total. The van der Waals surface area contributed by atoms with Gasteiger partial charge in [-0.1, -0.05) is 48.5 Å². The summed E-state index contributed by atoms with van der Waals surface area (Å²) in [5.41, 5.74) is 4.19. The fraction of sp³-hybridized carbons (Fsp3) is 0.0588. The molecule has 0 unspecified atom stereocenters. The monoisotopic (exact) mass is 282 g/mol. The highest BCUT2D eigenvalue weighted by molar-refractivity contribution is 5.95. The molecule has 0 bridgehead atoms. The van der Waals surface area contributed by atoms with E-state index in [0.29, 0.717) is 0 Å². The van der Waals surface area contributed by atoms with Crippen molar-refractivity contribution in [3.63, 3.8) is 0 Å². The van der Waals surface area contributed by atoms with Crippen LogP contribution < -0.4 is 5.43 Å². The van der Waals surface area contributed by atoms with E-state index in [9.17, 15) is 9.18 Å². The van der Waals surface area contributed by atoms with Crippen molar-refractivity contribution in [2.24, 2.45) is 5.10 Å². The lowest BCUT2D eigenvalue weighted by molar-refractivity contribution is 0.0951. The van der Waals surface area contributed by atoms with Gasteiger partial charge in [-0.2, -0.15) is 5.10 Å². The van der Waals surface area contributed by atoms with Crippen LogP contribution in [0.15, 0.2) is 65.3 Å². The Balaban J connectivity index is 1.98. The van der Waals surface area contributed by atoms with Crippen molar-refractivity contribution in [2.45, 2.75) is 6.92 Å². The predicted molar refractivity (Wildman–Crippen MR) is 82.5 cm³/mol. The van der Waals surface area contributed by atoms with Gasteiger partial charge in [0.05, 0.1) is 11.8 Å². The number of halogens is 1. The third kappa shape index (κ3) is 4.38. The standard InChI is InChI=1S/C17H15FN2O/c1-13(11-14-7-3-2-4-8-14)12-19-20-17(21)15-9-5-6-10-16(15)18/h2-12H,1H3,(H,20,21)/b13-11-,19-12-. The van der Waals surface area contributed by atoms with Crippen molar-refractivity contribution in [2.75, 3.05) is 0 Å². The summed E-state index contributed by atoms with van der Waals surface area (Å²) >= 11 is 0. The number of rotatable bonds is 4. The van der Waals surface area contributed by atoms with Crippen LogP contribution in [0.5, 0.6) is 0 Å². The minimum absolute atomic E-state index is 0.0284. The molecule has 0 fully saturated rings. The molecule has 0 saturated carbocycles. The van der Waals surface area contributed by atoms with Crippen molar-refractivity contribution in [3.05, 3.63) is 77.1 Å². The lowest BCUT2D eigenvalue weighted by atomic mass is 10.1. The molecule has 0 aliphatic carbocycles. The predicted octanol–water partition coefficient (Wildman–Crippen LogP) is 3.64. The average molecular weight is 282 g/mol. The van der Waals surface area contributed by atoms with Gasteiger partial charge < -0.3 is 0 Å². The minimum atomic E-state index is -0.572. The van der Waals surface area contributed by atoms with Crippen molar-refractivity contribution in [3.8, 4) is 0 Å². The third-order valence-electron chi connectivity index (χ3n) is 2.75. The highest BCUT2D eigenvalue weighted by Crippen LogP contribution is 2.06. The number of carbonyl (C=O) groups is 1. The molecule has 0 heterocycles. The zero-order valence-corrected chi connectivity index (χ0v) is 11.6. The molecule has 4 heteroatoms. The quantitative estimate of drug-likeness (QED) is 0.675. The van der Waals surface area contributed by atoms with Gasteiger partial charge in [0, 0.05) is 0 Å². The van der Waals surface area contributed by atoms with Gasteiger partial charge in [-0.15, -0.1) is 0 Å². The van der Waals surface area contributed by atoms with Crippen molar-refractivity contribution < 1.29 is 9.18 Å². The first-order valence-electron chi connectivity index (χ1n) is 6.48. The van der Waals surface area contributed by atoms with Gasteiger partial charge in [-0.3, -0.25) is 4.79 Å². The Kier molecular flexibility index (Phi) is 4.99. The molecule has 0 radical (unpaired) electrons. The van der Waals surface area contributed by atoms with Crippen LogP contribution in [0.25, 0.3) is 6.08 Å². The first-order chi connectivity index (χ1) is 10.2. The Morgan fingerprint density at radius 2 is 1.76 bits per heavy atom. The van der Waals surface area contributed by atoms with Crippen LogP contribution in [-0.4, -0.2) is 12.1 Å². The Morgan fingerprint density at radius 3 is 2.48 bits per heavy atom. The summed E-state index contributed by atoms with van der Waals surface area (Å²) in [7, 11) is 0. The van der Waals surface area contributed by atoms with Crippen LogP contribution in [0, 0.1) is 5.82 Å². The fourth-order valence-corrected chi connectivity index (χ4v) is 1.75. The SMILES string of the molecule is CC(/C=N\NC(=O)c1ccccc1F)=C/c1ccccc1. The van der Waals surface area contributed by atoms with E-state index in [0.717, 1.165) is 11.1 Å². The smallest absolute Gasteiger partial charge is 0.267 e. The molecule has 0 aliphatic rings. The molecular formula is C17H15FN2O. The Morgan fingerprint density at radius 1 is 1.10 bits per heavy atom. The second-order valence-electron chi connectivity index (χ2n) is 4.48. The molecule has 0 atom stereocenters. The number of hydrogen-bond donors (Lipinski definition) is 1. The third-order valence-corrected chi connectivity index (χ3v) is 2.75. The van der Waals surface area contributed by atoms with Crippen LogP contribution in [-0.2, 0) is 0 Å². The summed E-state index contributed by atoms with van der Waals surface area (Å²) in [6.45, 7) is 1.87. The number of nitrogens with one attached hydrogen (secondary N) is 1. The minimum Gasteiger partial charge on any atom is -0.267 e. The van der Waals surface area contributed by atoms with Crippen LogP contribution in [0.3, 0.4) is 0 Å². The van der Waals surface area contributed by atoms with E-state index in [1.54, 1.807) is 6.07 Å². The van der Waals surface area contributed by atoms with Crippen molar-refractivity contribution in [1.82, 2.24) is 5.43 Å². The molecule has 0 aromatic heterocycles. The summed E-state index contributed by atoms with van der Waals surface area (Å²) in [4.78, 5) is 11.7. The Hall–Kier alpha value is -2.75. The van der Waals surface area contributed by atoms with Crippen molar-refractivity contribution in [1.29, 1.82) is 0 Å². The van der Waals surface area contributed by atoms with Gasteiger partial charge in [0.2, 0.25) is 0 Å². The van der Waals surface area contributed by atoms with Crippen LogP contribution in [0.1, 0.15) is 22.8 Å². The molecule has 0 aliphatic heterocycles. The number of hydrazone groups is 1. The number of amides is 1. The zero-order chi connectivity index (χ0) is 15.1. The van der Waals surface area contributed by atoms with E-state index in [1.165, 1.54) is 24.4 Å². The molecule has 2 rings (SSSR count). The highest BCUT2D eigenvalue weighted by Gasteiger charge is 2.08. The lowest BCUT2D eigenvalue weighted by Gasteiger charge is -2.00. The number of allylic oxidation sites excluding steroid dienone is 1. The Labute approximate surface area is 122 Å². The van der Waals surface area contributed by atoms with Gasteiger partial charge in [-0.05, 0) is 30.2 Å². The summed E-state index contributed by atoms with van der Waals surface area (Å²) in [6.07, 6.45) is 3.45. The normalized spacial score (nSPS) is 11.6. The first-order valence-corrected chi connectivity index (χ1v) is 6.48. The molecular weight excluding hydrogens is 267 g/mol. The largest absolute Gasteiger partial charge is 0.274 e. The van der Waals surface area contributed by atoms with Crippen molar-refractivity contribution >= 4 is 18.2 Å². The van der Waals surface area contributed by atoms with E-state index >= 15 is 0 Å². The summed E-state index contributed by atoms with van der Waals surface area (Å²) in [5.74, 6) is -1.14. The molecule has 0 spiro atoms. The molecule has 2 aromatic carbocycles. The Bertz CT molecular complexity index is 678. The van der Waals surface area contributed by atoms with Gasteiger partial charge >= 0.3 is 0 Å². The van der Waals surface area contributed by atoms with Crippen LogP contribution >= 0.6 is 0 Å². The van der Waals surface area contributed by atoms with E-state index in [4.69, 9.17) is 0 Å². The molecule has 2 aromatic rings. The van der Waals surface area contributed by atoms with Crippen LogP contribution in [0.4, 0.5) is 4.39 Å². The first kappa shape index (κ1) is 14.7. The van der Waals surface area contributed by atoms with E-state index in [1.807, 2.05) is 43.3 Å². The molecule has 21 heavy (non-hydrogen) atoms. The number of hydrogen-bond acceptors (Lipinski definition) is 2. The topological polar surface area (TPSA) is 41.5 Å². The number of nitrogens with zero attached hydrogens (tertiary/aromatic N) is 1.